The zero-order chi connectivity index (χ0) is 37.2. The Hall–Kier alpha value is -5.63. The van der Waals surface area contributed by atoms with Gasteiger partial charge >= 0.3 is 12.2 Å². The molecule has 1 fully saturated rings. The molecule has 0 spiro atoms. The van der Waals surface area contributed by atoms with E-state index in [0.29, 0.717) is 47.0 Å². The minimum absolute atomic E-state index is 0.133. The fraction of sp³-hybridized carbons (Fsp3) is 0.395. The molecule has 1 aliphatic rings. The Morgan fingerprint density at radius 3 is 2.50 bits per heavy atom. The number of amides is 3. The third kappa shape index (κ3) is 7.96. The molecule has 274 valence electrons. The number of benzene rings is 2. The van der Waals surface area contributed by atoms with Gasteiger partial charge in [-0.15, -0.1) is 0 Å². The van der Waals surface area contributed by atoms with E-state index < -0.39 is 23.8 Å². The van der Waals surface area contributed by atoms with E-state index in [1.165, 1.54) is 0 Å². The number of aromatic nitrogens is 4. The lowest BCUT2D eigenvalue weighted by Crippen LogP contribution is -2.57. The maximum absolute atomic E-state index is 14.0. The second-order valence-corrected chi connectivity index (χ2v) is 13.9. The molecule has 0 unspecified atom stereocenters. The summed E-state index contributed by atoms with van der Waals surface area (Å²) in [5.74, 6) is 0.894. The second-order valence-electron chi connectivity index (χ2n) is 13.9. The van der Waals surface area contributed by atoms with E-state index in [-0.39, 0.29) is 31.2 Å². The molecule has 0 aliphatic carbocycles. The molecular formula is C38H45N7O7. The Labute approximate surface area is 301 Å². The van der Waals surface area contributed by atoms with Gasteiger partial charge < -0.3 is 44.0 Å². The Kier molecular flexibility index (Phi) is 10.4. The number of nitrogens with zero attached hydrogens (tertiary/aromatic N) is 4. The SMILES string of the molecule is COc1cc(C(=O)N2CC[C@@H](OC)[C@@H](NC(=O)OCc3ccccc3)C2)cc2nc(-c3cc4ccc([C@@H](C)NC(=O)OC(C)(C)C)nc4[nH]3)n(C)c12. The number of H-pyrrole nitrogens is 1. The molecule has 5 aromatic rings. The summed E-state index contributed by atoms with van der Waals surface area (Å²) in [7, 11) is 5.03. The molecule has 3 aromatic heterocycles. The molecule has 3 N–H and O–H groups in total. The molecular weight excluding hydrogens is 666 g/mol. The third-order valence-electron chi connectivity index (χ3n) is 8.98. The summed E-state index contributed by atoms with van der Waals surface area (Å²) in [6, 6.07) is 17.8. The number of carbonyl (C=O) groups excluding carboxylic acids is 3. The number of nitrogens with one attached hydrogen (secondary N) is 3. The van der Waals surface area contributed by atoms with Crippen LogP contribution in [0.3, 0.4) is 0 Å². The average molecular weight is 712 g/mol. The van der Waals surface area contributed by atoms with Crippen LogP contribution in [0.2, 0.25) is 0 Å². The lowest BCUT2D eigenvalue weighted by molar-refractivity contribution is 0.0114. The highest BCUT2D eigenvalue weighted by atomic mass is 16.6. The molecule has 14 nitrogen and oxygen atoms in total. The van der Waals surface area contributed by atoms with Crippen LogP contribution in [-0.4, -0.2) is 87.6 Å². The largest absolute Gasteiger partial charge is 0.494 e. The van der Waals surface area contributed by atoms with Gasteiger partial charge in [-0.3, -0.25) is 4.79 Å². The molecule has 52 heavy (non-hydrogen) atoms. The minimum atomic E-state index is -0.611. The molecule has 1 aliphatic heterocycles. The minimum Gasteiger partial charge on any atom is -0.494 e. The highest BCUT2D eigenvalue weighted by Gasteiger charge is 2.34. The fourth-order valence-corrected chi connectivity index (χ4v) is 6.41. The van der Waals surface area contributed by atoms with Gasteiger partial charge in [-0.05, 0) is 70.0 Å². The van der Waals surface area contributed by atoms with Gasteiger partial charge in [-0.25, -0.2) is 19.6 Å². The molecule has 14 heteroatoms. The number of carbonyl (C=O) groups is 3. The molecule has 4 heterocycles. The van der Waals surface area contributed by atoms with Gasteiger partial charge in [-0.2, -0.15) is 0 Å². The Morgan fingerprint density at radius 1 is 1.02 bits per heavy atom. The van der Waals surface area contributed by atoms with E-state index in [9.17, 15) is 14.4 Å². The van der Waals surface area contributed by atoms with Gasteiger partial charge in [0.15, 0.2) is 5.82 Å². The predicted octanol–water partition coefficient (Wildman–Crippen LogP) is 5.87. The summed E-state index contributed by atoms with van der Waals surface area (Å²) < 4.78 is 24.2. The lowest BCUT2D eigenvalue weighted by Gasteiger charge is -2.38. The van der Waals surface area contributed by atoms with Crippen molar-refractivity contribution < 1.29 is 33.3 Å². The van der Waals surface area contributed by atoms with Gasteiger partial charge in [0.2, 0.25) is 0 Å². The first kappa shape index (κ1) is 36.2. The number of hydrogen-bond acceptors (Lipinski definition) is 9. The van der Waals surface area contributed by atoms with E-state index in [2.05, 4.69) is 15.6 Å². The van der Waals surface area contributed by atoms with Crippen molar-refractivity contribution in [3.63, 3.8) is 0 Å². The van der Waals surface area contributed by atoms with E-state index in [0.717, 1.165) is 22.2 Å². The number of pyridine rings is 1. The summed E-state index contributed by atoms with van der Waals surface area (Å²) in [6.45, 7) is 8.09. The molecule has 3 atom stereocenters. The van der Waals surface area contributed by atoms with Crippen molar-refractivity contribution in [2.75, 3.05) is 27.3 Å². The number of aromatic amines is 1. The first-order valence-electron chi connectivity index (χ1n) is 17.2. The Balaban J connectivity index is 1.20. The molecule has 0 bridgehead atoms. The van der Waals surface area contributed by atoms with Crippen LogP contribution in [0.1, 0.15) is 61.8 Å². The van der Waals surface area contributed by atoms with Crippen molar-refractivity contribution in [1.82, 2.24) is 35.1 Å². The van der Waals surface area contributed by atoms with Gasteiger partial charge in [0.05, 0.1) is 42.2 Å². The van der Waals surface area contributed by atoms with Crippen molar-refractivity contribution in [2.24, 2.45) is 7.05 Å². The Bertz CT molecular complexity index is 2090. The molecule has 2 aromatic carbocycles. The number of piperidine rings is 1. The van der Waals surface area contributed by atoms with E-state index in [1.54, 1.807) is 31.3 Å². The number of hydrogen-bond donors (Lipinski definition) is 3. The van der Waals surface area contributed by atoms with Crippen LogP contribution >= 0.6 is 0 Å². The van der Waals surface area contributed by atoms with Gasteiger partial charge in [-0.1, -0.05) is 30.3 Å². The van der Waals surface area contributed by atoms with Crippen molar-refractivity contribution >= 4 is 40.2 Å². The number of aryl methyl sites for hydroxylation is 1. The topological polar surface area (TPSA) is 162 Å². The van der Waals surface area contributed by atoms with Crippen LogP contribution in [0.4, 0.5) is 9.59 Å². The quantitative estimate of drug-likeness (QED) is 0.170. The van der Waals surface area contributed by atoms with Crippen molar-refractivity contribution in [3.05, 3.63) is 77.5 Å². The highest BCUT2D eigenvalue weighted by molar-refractivity contribution is 6.00. The zero-order valence-corrected chi connectivity index (χ0v) is 30.5. The van der Waals surface area contributed by atoms with Gasteiger partial charge in [0.1, 0.15) is 29.1 Å². The number of alkyl carbamates (subject to hydrolysis) is 2. The van der Waals surface area contributed by atoms with Crippen molar-refractivity contribution in [3.8, 4) is 17.3 Å². The summed E-state index contributed by atoms with van der Waals surface area (Å²) in [5, 5.41) is 6.59. The van der Waals surface area contributed by atoms with Crippen LogP contribution < -0.4 is 15.4 Å². The number of ether oxygens (including phenoxy) is 4. The molecule has 1 saturated heterocycles. The second kappa shape index (κ2) is 14.9. The van der Waals surface area contributed by atoms with Crippen LogP contribution in [0.25, 0.3) is 33.6 Å². The number of rotatable bonds is 9. The zero-order valence-electron chi connectivity index (χ0n) is 30.5. The average Bonchev–Trinajstić information content (AvgIpc) is 3.69. The van der Waals surface area contributed by atoms with Gasteiger partial charge in [0.25, 0.3) is 5.91 Å². The number of fused-ring (bicyclic) bond motifs is 2. The standard InChI is InChI=1S/C38H45N7O7/c1-22(39-37(48)52-38(2,3)4)26-14-13-24-17-28(41-33(24)40-26)34-42-27-18-25(19-31(50-7)32(27)44(34)5)35(46)45-16-15-30(49-6)29(20-45)43-36(47)51-21-23-11-9-8-10-12-23/h8-14,17-19,22,29-30H,15-16,20-21H2,1-7H3,(H,39,48)(H,40,41)(H,43,47)/t22-,29+,30-/m1/s1. The Morgan fingerprint density at radius 2 is 1.79 bits per heavy atom. The van der Waals surface area contributed by atoms with E-state index >= 15 is 0 Å². The summed E-state index contributed by atoms with van der Waals surface area (Å²) in [6.07, 6.45) is -0.847. The smallest absolute Gasteiger partial charge is 0.408 e. The lowest BCUT2D eigenvalue weighted by atomic mass is 10.0. The highest BCUT2D eigenvalue weighted by Crippen LogP contribution is 2.33. The number of methoxy groups -OCH3 is 2. The number of likely N-dealkylation sites (tertiary alicyclic amines) is 1. The van der Waals surface area contributed by atoms with Crippen LogP contribution in [0.5, 0.6) is 5.75 Å². The fourth-order valence-electron chi connectivity index (χ4n) is 6.41. The normalized spacial score (nSPS) is 16.8. The third-order valence-corrected chi connectivity index (χ3v) is 8.98. The van der Waals surface area contributed by atoms with Crippen molar-refractivity contribution in [2.45, 2.75) is 64.5 Å². The molecule has 0 saturated carbocycles. The van der Waals surface area contributed by atoms with Gasteiger partial charge in [0, 0.05) is 38.2 Å². The molecule has 3 amide bonds. The van der Waals surface area contributed by atoms with Crippen LogP contribution in [-0.2, 0) is 27.9 Å². The number of imidazole rings is 1. The van der Waals surface area contributed by atoms with Crippen LogP contribution in [0.15, 0.2) is 60.7 Å². The summed E-state index contributed by atoms with van der Waals surface area (Å²) in [5.41, 5.74) is 3.98. The molecule has 0 radical (unpaired) electrons. The van der Waals surface area contributed by atoms with Crippen LogP contribution in [0, 0.1) is 0 Å². The monoisotopic (exact) mass is 711 g/mol. The maximum Gasteiger partial charge on any atom is 0.408 e. The summed E-state index contributed by atoms with van der Waals surface area (Å²) >= 11 is 0. The first-order valence-corrected chi connectivity index (χ1v) is 17.2. The van der Waals surface area contributed by atoms with Crippen molar-refractivity contribution in [1.29, 1.82) is 0 Å². The summed E-state index contributed by atoms with van der Waals surface area (Å²) in [4.78, 5) is 53.7. The maximum atomic E-state index is 14.0. The molecule has 6 rings (SSSR count). The first-order chi connectivity index (χ1) is 24.8. The predicted molar refractivity (Wildman–Crippen MR) is 195 cm³/mol. The van der Waals surface area contributed by atoms with E-state index in [4.69, 9.17) is 28.9 Å². The van der Waals surface area contributed by atoms with E-state index in [1.807, 2.05) is 87.8 Å².